The van der Waals surface area contributed by atoms with E-state index in [1.165, 1.54) is 12.1 Å². The van der Waals surface area contributed by atoms with Crippen molar-refractivity contribution >= 4 is 0 Å². The summed E-state index contributed by atoms with van der Waals surface area (Å²) in [6.45, 7) is 0. The fourth-order valence-corrected chi connectivity index (χ4v) is 0.974. The molecule has 3 heteroatoms. The lowest BCUT2D eigenvalue weighted by Crippen LogP contribution is -1.89. The van der Waals surface area contributed by atoms with Crippen molar-refractivity contribution in [2.45, 2.75) is 0 Å². The molecule has 0 fully saturated rings. The number of halogens is 1. The number of imidazole rings is 1. The summed E-state index contributed by atoms with van der Waals surface area (Å²) in [4.78, 5) is 3.77. The first kappa shape index (κ1) is 7.03. The predicted molar refractivity (Wildman–Crippen MR) is 42.4 cm³/mol. The highest BCUT2D eigenvalue weighted by Crippen LogP contribution is 2.07. The van der Waals surface area contributed by atoms with E-state index in [9.17, 15) is 4.39 Å². The van der Waals surface area contributed by atoms with E-state index in [4.69, 9.17) is 0 Å². The lowest BCUT2D eigenvalue weighted by Gasteiger charge is -1.98. The number of hydrogen-bond donors (Lipinski definition) is 0. The van der Waals surface area contributed by atoms with Gasteiger partial charge in [0.05, 0.1) is 0 Å². The topological polar surface area (TPSA) is 17.8 Å². The van der Waals surface area contributed by atoms with Crippen LogP contribution in [0.1, 0.15) is 0 Å². The Morgan fingerprint density at radius 1 is 1.25 bits per heavy atom. The minimum absolute atomic E-state index is 0.237. The fraction of sp³-hybridized carbons (Fsp3) is 0. The quantitative estimate of drug-likeness (QED) is 0.623. The molecule has 2 aromatic rings. The van der Waals surface area contributed by atoms with Crippen molar-refractivity contribution in [2.75, 3.05) is 0 Å². The average Bonchev–Trinajstić information content (AvgIpc) is 2.58. The van der Waals surface area contributed by atoms with E-state index in [0.29, 0.717) is 0 Å². The summed E-state index contributed by atoms with van der Waals surface area (Å²) in [5, 5.41) is 0. The Hall–Kier alpha value is -1.64. The second kappa shape index (κ2) is 2.77. The largest absolute Gasteiger partial charge is 0.297 e. The molecule has 1 heterocycles. The second-order valence-electron chi connectivity index (χ2n) is 2.37. The SMILES string of the molecule is Fc1ccc(-n2[c]ncc2)cc1. The normalized spacial score (nSPS) is 10.1. The second-order valence-corrected chi connectivity index (χ2v) is 2.37. The monoisotopic (exact) mass is 161 g/mol. The molecule has 0 aliphatic carbocycles. The molecule has 0 aliphatic heterocycles. The Bertz CT molecular complexity index is 351. The number of rotatable bonds is 1. The summed E-state index contributed by atoms with van der Waals surface area (Å²) >= 11 is 0. The third kappa shape index (κ3) is 1.21. The molecule has 1 aromatic heterocycles. The molecule has 0 amide bonds. The summed E-state index contributed by atoms with van der Waals surface area (Å²) < 4.78 is 14.2. The van der Waals surface area contributed by atoms with Gasteiger partial charge in [0.15, 0.2) is 6.33 Å². The minimum atomic E-state index is -0.237. The zero-order valence-corrected chi connectivity index (χ0v) is 6.24. The molecule has 0 N–H and O–H groups in total. The van der Waals surface area contributed by atoms with Crippen LogP contribution in [0.2, 0.25) is 0 Å². The minimum Gasteiger partial charge on any atom is -0.297 e. The number of aromatic nitrogens is 2. The van der Waals surface area contributed by atoms with Gasteiger partial charge in [-0.15, -0.1) is 0 Å². The standard InChI is InChI=1S/C9H6FN2/c10-8-1-3-9(4-2-8)12-6-5-11-7-12/h1-6H. The number of benzene rings is 1. The summed E-state index contributed by atoms with van der Waals surface area (Å²) in [5.41, 5.74) is 0.855. The van der Waals surface area contributed by atoms with E-state index < -0.39 is 0 Å². The van der Waals surface area contributed by atoms with Crippen LogP contribution in [-0.2, 0) is 0 Å². The van der Waals surface area contributed by atoms with Crippen molar-refractivity contribution in [3.8, 4) is 5.69 Å². The van der Waals surface area contributed by atoms with Crippen molar-refractivity contribution in [1.29, 1.82) is 0 Å². The van der Waals surface area contributed by atoms with Gasteiger partial charge in [0.25, 0.3) is 0 Å². The van der Waals surface area contributed by atoms with Crippen molar-refractivity contribution in [2.24, 2.45) is 0 Å². The van der Waals surface area contributed by atoms with Crippen molar-refractivity contribution in [3.05, 3.63) is 48.8 Å². The van der Waals surface area contributed by atoms with Gasteiger partial charge < -0.3 is 0 Å². The highest BCUT2D eigenvalue weighted by Gasteiger charge is 1.94. The first-order valence-corrected chi connectivity index (χ1v) is 3.53. The number of nitrogens with zero attached hydrogens (tertiary/aromatic N) is 2. The highest BCUT2D eigenvalue weighted by molar-refractivity contribution is 5.31. The smallest absolute Gasteiger partial charge is 0.181 e. The first-order chi connectivity index (χ1) is 5.86. The Morgan fingerprint density at radius 3 is 2.58 bits per heavy atom. The zero-order chi connectivity index (χ0) is 8.39. The summed E-state index contributed by atoms with van der Waals surface area (Å²) in [7, 11) is 0. The van der Waals surface area contributed by atoms with Gasteiger partial charge in [-0.2, -0.15) is 0 Å². The van der Waals surface area contributed by atoms with E-state index in [1.54, 1.807) is 29.1 Å². The molecule has 0 aliphatic rings. The highest BCUT2D eigenvalue weighted by atomic mass is 19.1. The van der Waals surface area contributed by atoms with Gasteiger partial charge in [-0.05, 0) is 24.3 Å². The molecule has 2 nitrogen and oxygen atoms in total. The van der Waals surface area contributed by atoms with Crippen LogP contribution in [0, 0.1) is 12.1 Å². The molecular formula is C9H6FN2. The summed E-state index contributed by atoms with van der Waals surface area (Å²) in [6, 6.07) is 6.16. The van der Waals surface area contributed by atoms with Crippen LogP contribution in [0.25, 0.3) is 5.69 Å². The Kier molecular flexibility index (Phi) is 1.63. The maximum atomic E-state index is 12.5. The molecule has 0 atom stereocenters. The van der Waals surface area contributed by atoms with Gasteiger partial charge in [0.2, 0.25) is 0 Å². The molecule has 1 aromatic carbocycles. The summed E-state index contributed by atoms with van der Waals surface area (Å²) in [6.07, 6.45) is 6.10. The lowest BCUT2D eigenvalue weighted by atomic mass is 10.3. The molecule has 59 valence electrons. The van der Waals surface area contributed by atoms with E-state index >= 15 is 0 Å². The van der Waals surface area contributed by atoms with Gasteiger partial charge in [-0.25, -0.2) is 9.37 Å². The fourth-order valence-electron chi connectivity index (χ4n) is 0.974. The maximum Gasteiger partial charge on any atom is 0.181 e. The lowest BCUT2D eigenvalue weighted by molar-refractivity contribution is 0.627. The van der Waals surface area contributed by atoms with Gasteiger partial charge >= 0.3 is 0 Å². The van der Waals surface area contributed by atoms with Crippen LogP contribution in [0.5, 0.6) is 0 Å². The molecule has 2 rings (SSSR count). The van der Waals surface area contributed by atoms with Crippen molar-refractivity contribution in [3.63, 3.8) is 0 Å². The van der Waals surface area contributed by atoms with Gasteiger partial charge in [-0.1, -0.05) is 0 Å². The van der Waals surface area contributed by atoms with Crippen LogP contribution in [0.3, 0.4) is 0 Å². The van der Waals surface area contributed by atoms with Gasteiger partial charge in [-0.3, -0.25) is 4.57 Å². The Balaban J connectivity index is 2.43. The molecule has 0 spiro atoms. The Morgan fingerprint density at radius 2 is 2.00 bits per heavy atom. The van der Waals surface area contributed by atoms with Crippen LogP contribution in [0.4, 0.5) is 4.39 Å². The third-order valence-electron chi connectivity index (χ3n) is 1.56. The average molecular weight is 161 g/mol. The van der Waals surface area contributed by atoms with Crippen molar-refractivity contribution < 1.29 is 4.39 Å². The molecule has 0 saturated carbocycles. The zero-order valence-electron chi connectivity index (χ0n) is 6.24. The van der Waals surface area contributed by atoms with E-state index in [-0.39, 0.29) is 5.82 Å². The van der Waals surface area contributed by atoms with Crippen LogP contribution in [-0.4, -0.2) is 9.55 Å². The predicted octanol–water partition coefficient (Wildman–Crippen LogP) is 1.81. The van der Waals surface area contributed by atoms with Crippen molar-refractivity contribution in [1.82, 2.24) is 9.55 Å². The van der Waals surface area contributed by atoms with E-state index in [0.717, 1.165) is 5.69 Å². The van der Waals surface area contributed by atoms with Crippen LogP contribution >= 0.6 is 0 Å². The van der Waals surface area contributed by atoms with E-state index in [2.05, 4.69) is 11.3 Å². The molecule has 1 radical (unpaired) electrons. The molecular weight excluding hydrogens is 155 g/mol. The first-order valence-electron chi connectivity index (χ1n) is 3.53. The van der Waals surface area contributed by atoms with E-state index in [1.807, 2.05) is 0 Å². The third-order valence-corrected chi connectivity index (χ3v) is 1.56. The molecule has 12 heavy (non-hydrogen) atoms. The summed E-state index contributed by atoms with van der Waals surface area (Å²) in [5.74, 6) is -0.237. The molecule has 0 bridgehead atoms. The van der Waals surface area contributed by atoms with Crippen LogP contribution in [0.15, 0.2) is 36.7 Å². The number of hydrogen-bond acceptors (Lipinski definition) is 1. The molecule has 0 saturated heterocycles. The van der Waals surface area contributed by atoms with Gasteiger partial charge in [0, 0.05) is 18.1 Å². The van der Waals surface area contributed by atoms with Crippen LogP contribution < -0.4 is 0 Å². The molecule has 0 unspecified atom stereocenters. The van der Waals surface area contributed by atoms with Gasteiger partial charge in [0.1, 0.15) is 5.82 Å². The maximum absolute atomic E-state index is 12.5. The Labute approximate surface area is 69.3 Å².